The summed E-state index contributed by atoms with van der Waals surface area (Å²) in [6, 6.07) is 13.2. The van der Waals surface area contributed by atoms with Gasteiger partial charge in [0.05, 0.1) is 12.2 Å². The van der Waals surface area contributed by atoms with Crippen LogP contribution < -0.4 is 5.32 Å². The molecule has 0 unspecified atom stereocenters. The zero-order valence-corrected chi connectivity index (χ0v) is 14.6. The summed E-state index contributed by atoms with van der Waals surface area (Å²) in [4.78, 5) is 12.3. The molecule has 104 valence electrons. The fraction of sp³-hybridized carbons (Fsp3) is 0.133. The number of rotatable bonds is 4. The number of halogens is 2. The zero-order chi connectivity index (χ0) is 14.5. The number of carbonyl (C=O) groups is 1. The minimum atomic E-state index is -0.120. The average molecular weight is 446 g/mol. The van der Waals surface area contributed by atoms with Crippen molar-refractivity contribution >= 4 is 50.1 Å². The molecule has 0 aliphatic rings. The molecule has 2 aromatic carbocycles. The second-order valence-electron chi connectivity index (χ2n) is 4.13. The SMILES string of the molecule is COCc1c(Br)cccc1NC(=O)c1ccccc1I. The van der Waals surface area contributed by atoms with Gasteiger partial charge in [-0.15, -0.1) is 0 Å². The van der Waals surface area contributed by atoms with Crippen molar-refractivity contribution in [3.05, 3.63) is 61.6 Å². The van der Waals surface area contributed by atoms with Crippen LogP contribution in [0.4, 0.5) is 5.69 Å². The van der Waals surface area contributed by atoms with Gasteiger partial charge in [0.25, 0.3) is 5.91 Å². The van der Waals surface area contributed by atoms with E-state index in [9.17, 15) is 4.79 Å². The highest BCUT2D eigenvalue weighted by Gasteiger charge is 2.13. The number of anilines is 1. The summed E-state index contributed by atoms with van der Waals surface area (Å²) < 4.78 is 7.02. The maximum absolute atomic E-state index is 12.3. The van der Waals surface area contributed by atoms with Gasteiger partial charge in [-0.3, -0.25) is 4.79 Å². The van der Waals surface area contributed by atoms with Crippen LogP contribution in [-0.4, -0.2) is 13.0 Å². The van der Waals surface area contributed by atoms with E-state index in [4.69, 9.17) is 4.74 Å². The van der Waals surface area contributed by atoms with E-state index in [0.717, 1.165) is 19.3 Å². The normalized spacial score (nSPS) is 10.3. The van der Waals surface area contributed by atoms with Crippen LogP contribution in [0.3, 0.4) is 0 Å². The Morgan fingerprint density at radius 2 is 2.00 bits per heavy atom. The third-order valence-corrected chi connectivity index (χ3v) is 4.46. The van der Waals surface area contributed by atoms with E-state index < -0.39 is 0 Å². The van der Waals surface area contributed by atoms with Gasteiger partial charge in [0.2, 0.25) is 0 Å². The quantitative estimate of drug-likeness (QED) is 0.706. The molecule has 0 saturated heterocycles. The summed E-state index contributed by atoms with van der Waals surface area (Å²) >= 11 is 5.63. The molecule has 0 atom stereocenters. The molecule has 0 aliphatic heterocycles. The van der Waals surface area contributed by atoms with E-state index in [2.05, 4.69) is 43.8 Å². The standard InChI is InChI=1S/C15H13BrINO2/c1-20-9-11-12(16)6-4-8-14(11)18-15(19)10-5-2-3-7-13(10)17/h2-8H,9H2,1H3,(H,18,19). The van der Waals surface area contributed by atoms with Gasteiger partial charge in [-0.1, -0.05) is 34.1 Å². The number of amides is 1. The first-order valence-corrected chi connectivity index (χ1v) is 7.83. The summed E-state index contributed by atoms with van der Waals surface area (Å²) in [7, 11) is 1.63. The Bertz CT molecular complexity index is 631. The Hall–Kier alpha value is -0.920. The lowest BCUT2D eigenvalue weighted by Gasteiger charge is -2.13. The fourth-order valence-corrected chi connectivity index (χ4v) is 2.91. The molecule has 20 heavy (non-hydrogen) atoms. The van der Waals surface area contributed by atoms with Crippen LogP contribution in [0, 0.1) is 3.57 Å². The van der Waals surface area contributed by atoms with Crippen molar-refractivity contribution in [2.75, 3.05) is 12.4 Å². The number of carbonyl (C=O) groups excluding carboxylic acids is 1. The minimum Gasteiger partial charge on any atom is -0.380 e. The Kier molecular flexibility index (Phi) is 5.56. The van der Waals surface area contributed by atoms with Crippen LogP contribution in [0.1, 0.15) is 15.9 Å². The van der Waals surface area contributed by atoms with E-state index >= 15 is 0 Å². The van der Waals surface area contributed by atoms with Gasteiger partial charge in [-0.05, 0) is 46.9 Å². The van der Waals surface area contributed by atoms with Gasteiger partial charge in [0, 0.05) is 26.4 Å². The van der Waals surface area contributed by atoms with Crippen LogP contribution in [-0.2, 0) is 11.3 Å². The summed E-state index contributed by atoms with van der Waals surface area (Å²) in [5, 5.41) is 2.94. The molecule has 3 nitrogen and oxygen atoms in total. The van der Waals surface area contributed by atoms with Gasteiger partial charge in [0.1, 0.15) is 0 Å². The highest BCUT2D eigenvalue weighted by atomic mass is 127. The average Bonchev–Trinajstić information content (AvgIpc) is 2.43. The van der Waals surface area contributed by atoms with Crippen molar-refractivity contribution in [3.63, 3.8) is 0 Å². The molecule has 2 rings (SSSR count). The molecule has 1 amide bonds. The first-order valence-electron chi connectivity index (χ1n) is 5.95. The van der Waals surface area contributed by atoms with Crippen LogP contribution >= 0.6 is 38.5 Å². The number of hydrogen-bond acceptors (Lipinski definition) is 2. The Morgan fingerprint density at radius 3 is 2.70 bits per heavy atom. The van der Waals surface area contributed by atoms with Crippen molar-refractivity contribution in [2.24, 2.45) is 0 Å². The molecule has 0 bridgehead atoms. The second-order valence-corrected chi connectivity index (χ2v) is 6.15. The first kappa shape index (κ1) is 15.5. The lowest BCUT2D eigenvalue weighted by molar-refractivity contribution is 0.102. The van der Waals surface area contributed by atoms with Gasteiger partial charge in [-0.2, -0.15) is 0 Å². The summed E-state index contributed by atoms with van der Waals surface area (Å²) in [5.74, 6) is -0.120. The molecule has 2 aromatic rings. The number of nitrogens with one attached hydrogen (secondary N) is 1. The van der Waals surface area contributed by atoms with Crippen LogP contribution in [0.5, 0.6) is 0 Å². The van der Waals surface area contributed by atoms with Crippen molar-refractivity contribution < 1.29 is 9.53 Å². The first-order chi connectivity index (χ1) is 9.63. The largest absolute Gasteiger partial charge is 0.380 e. The van der Waals surface area contributed by atoms with Crippen LogP contribution in [0.2, 0.25) is 0 Å². The van der Waals surface area contributed by atoms with Crippen LogP contribution in [0.15, 0.2) is 46.9 Å². The van der Waals surface area contributed by atoms with Gasteiger partial charge in [-0.25, -0.2) is 0 Å². The third kappa shape index (κ3) is 3.59. The molecular formula is C15H13BrINO2. The lowest BCUT2D eigenvalue weighted by atomic mass is 10.1. The maximum atomic E-state index is 12.3. The number of ether oxygens (including phenoxy) is 1. The maximum Gasteiger partial charge on any atom is 0.256 e. The highest BCUT2D eigenvalue weighted by molar-refractivity contribution is 14.1. The molecule has 0 heterocycles. The topological polar surface area (TPSA) is 38.3 Å². The van der Waals surface area contributed by atoms with Gasteiger partial charge < -0.3 is 10.1 Å². The van der Waals surface area contributed by atoms with Crippen molar-refractivity contribution in [1.29, 1.82) is 0 Å². The van der Waals surface area contributed by atoms with Crippen molar-refractivity contribution in [1.82, 2.24) is 0 Å². The number of benzene rings is 2. The fourth-order valence-electron chi connectivity index (χ4n) is 1.80. The molecule has 5 heteroatoms. The predicted molar refractivity (Wildman–Crippen MR) is 92.0 cm³/mol. The lowest BCUT2D eigenvalue weighted by Crippen LogP contribution is -2.15. The van der Waals surface area contributed by atoms with E-state index in [1.165, 1.54) is 0 Å². The molecule has 0 aromatic heterocycles. The number of hydrogen-bond donors (Lipinski definition) is 1. The monoisotopic (exact) mass is 445 g/mol. The molecule has 0 spiro atoms. The molecule has 0 fully saturated rings. The number of methoxy groups -OCH3 is 1. The Balaban J connectivity index is 2.29. The Labute approximate surface area is 140 Å². The van der Waals surface area contributed by atoms with E-state index in [0.29, 0.717) is 12.2 Å². The second kappa shape index (κ2) is 7.19. The van der Waals surface area contributed by atoms with Gasteiger partial charge >= 0.3 is 0 Å². The molecular weight excluding hydrogens is 433 g/mol. The smallest absolute Gasteiger partial charge is 0.256 e. The summed E-state index contributed by atoms with van der Waals surface area (Å²) in [5.41, 5.74) is 2.34. The Morgan fingerprint density at radius 1 is 1.25 bits per heavy atom. The van der Waals surface area contributed by atoms with Crippen molar-refractivity contribution in [2.45, 2.75) is 6.61 Å². The third-order valence-electron chi connectivity index (χ3n) is 2.77. The van der Waals surface area contributed by atoms with E-state index in [-0.39, 0.29) is 5.91 Å². The molecule has 1 N–H and O–H groups in total. The van der Waals surface area contributed by atoms with Crippen molar-refractivity contribution in [3.8, 4) is 0 Å². The molecule has 0 aliphatic carbocycles. The highest BCUT2D eigenvalue weighted by Crippen LogP contribution is 2.26. The minimum absolute atomic E-state index is 0.120. The predicted octanol–water partition coefficient (Wildman–Crippen LogP) is 4.45. The van der Waals surface area contributed by atoms with E-state index in [1.807, 2.05) is 42.5 Å². The summed E-state index contributed by atoms with van der Waals surface area (Å²) in [6.07, 6.45) is 0. The molecule has 0 radical (unpaired) electrons. The molecule has 0 saturated carbocycles. The van der Waals surface area contributed by atoms with E-state index in [1.54, 1.807) is 7.11 Å². The zero-order valence-electron chi connectivity index (χ0n) is 10.8. The van der Waals surface area contributed by atoms with Gasteiger partial charge in [0.15, 0.2) is 0 Å². The van der Waals surface area contributed by atoms with Crippen LogP contribution in [0.25, 0.3) is 0 Å². The summed E-state index contributed by atoms with van der Waals surface area (Å²) in [6.45, 7) is 0.433.